The number of rotatable bonds is 6. The second kappa shape index (κ2) is 8.74. The summed E-state index contributed by atoms with van der Waals surface area (Å²) >= 11 is 0. The van der Waals surface area contributed by atoms with Crippen LogP contribution in [0.3, 0.4) is 0 Å². The minimum absolute atomic E-state index is 0.000883. The highest BCUT2D eigenvalue weighted by Crippen LogP contribution is 2.38. The monoisotopic (exact) mass is 373 g/mol. The third-order valence-corrected chi connectivity index (χ3v) is 5.97. The number of hydrogen-bond donors (Lipinski definition) is 1. The minimum atomic E-state index is -0.336. The zero-order valence-electron chi connectivity index (χ0n) is 16.6. The van der Waals surface area contributed by atoms with Gasteiger partial charge in [0.2, 0.25) is 11.8 Å². The van der Waals surface area contributed by atoms with Crippen LogP contribution in [-0.4, -0.2) is 62.0 Å². The molecule has 6 heteroatoms. The summed E-state index contributed by atoms with van der Waals surface area (Å²) < 4.78 is 5.23. The Morgan fingerprint density at radius 3 is 2.48 bits per heavy atom. The first kappa shape index (κ1) is 19.7. The Morgan fingerprint density at radius 1 is 1.22 bits per heavy atom. The van der Waals surface area contributed by atoms with Gasteiger partial charge in [-0.1, -0.05) is 12.1 Å². The van der Waals surface area contributed by atoms with Crippen molar-refractivity contribution in [3.8, 4) is 5.75 Å². The van der Waals surface area contributed by atoms with Crippen molar-refractivity contribution in [3.63, 3.8) is 0 Å². The molecule has 1 aromatic rings. The van der Waals surface area contributed by atoms with Gasteiger partial charge in [0.1, 0.15) is 5.75 Å². The average Bonchev–Trinajstić information content (AvgIpc) is 3.03. The summed E-state index contributed by atoms with van der Waals surface area (Å²) in [5, 5.41) is 3.14. The molecule has 0 unspecified atom stereocenters. The molecule has 2 saturated heterocycles. The lowest BCUT2D eigenvalue weighted by Gasteiger charge is -2.30. The molecule has 27 heavy (non-hydrogen) atoms. The molecule has 1 N–H and O–H groups in total. The first-order valence-corrected chi connectivity index (χ1v) is 9.93. The van der Waals surface area contributed by atoms with Crippen molar-refractivity contribution in [1.82, 2.24) is 15.1 Å². The van der Waals surface area contributed by atoms with Crippen LogP contribution in [0.2, 0.25) is 0 Å². The van der Waals surface area contributed by atoms with Gasteiger partial charge < -0.3 is 19.9 Å². The molecule has 0 aliphatic carbocycles. The summed E-state index contributed by atoms with van der Waals surface area (Å²) in [6.07, 6.45) is 2.51. The molecule has 148 valence electrons. The van der Waals surface area contributed by atoms with Crippen LogP contribution in [-0.2, 0) is 9.59 Å². The number of piperidine rings is 1. The predicted octanol–water partition coefficient (Wildman–Crippen LogP) is 2.06. The van der Waals surface area contributed by atoms with Crippen molar-refractivity contribution in [3.05, 3.63) is 29.8 Å². The van der Waals surface area contributed by atoms with E-state index in [0.29, 0.717) is 19.0 Å². The molecule has 2 aliphatic rings. The number of amides is 2. The number of carbonyl (C=O) groups is 2. The van der Waals surface area contributed by atoms with E-state index in [1.807, 2.05) is 36.1 Å². The normalized spacial score (nSPS) is 24.3. The minimum Gasteiger partial charge on any atom is -0.497 e. The molecule has 3 rings (SSSR count). The van der Waals surface area contributed by atoms with Gasteiger partial charge in [-0.05, 0) is 63.5 Å². The van der Waals surface area contributed by atoms with Crippen LogP contribution < -0.4 is 10.1 Å². The van der Waals surface area contributed by atoms with E-state index >= 15 is 0 Å². The smallest absolute Gasteiger partial charge is 0.226 e. The molecule has 2 aliphatic heterocycles. The van der Waals surface area contributed by atoms with Crippen LogP contribution >= 0.6 is 0 Å². The van der Waals surface area contributed by atoms with Crippen LogP contribution in [0.15, 0.2) is 24.3 Å². The lowest BCUT2D eigenvalue weighted by molar-refractivity contribution is -0.129. The molecule has 2 heterocycles. The molecule has 2 amide bonds. The van der Waals surface area contributed by atoms with Crippen LogP contribution in [0.1, 0.15) is 37.8 Å². The fourth-order valence-corrected chi connectivity index (χ4v) is 4.25. The van der Waals surface area contributed by atoms with Crippen molar-refractivity contribution in [2.45, 2.75) is 32.2 Å². The number of nitrogens with zero attached hydrogens (tertiary/aromatic N) is 2. The van der Waals surface area contributed by atoms with Crippen molar-refractivity contribution in [2.24, 2.45) is 11.8 Å². The molecule has 6 nitrogen and oxygen atoms in total. The van der Waals surface area contributed by atoms with Crippen molar-refractivity contribution in [1.29, 1.82) is 0 Å². The lowest BCUT2D eigenvalue weighted by atomic mass is 9.92. The molecular formula is C21H31N3O3. The van der Waals surface area contributed by atoms with Crippen LogP contribution in [0.5, 0.6) is 5.75 Å². The molecule has 0 bridgehead atoms. The van der Waals surface area contributed by atoms with Gasteiger partial charge in [-0.15, -0.1) is 0 Å². The van der Waals surface area contributed by atoms with Crippen molar-refractivity contribution < 1.29 is 14.3 Å². The maximum Gasteiger partial charge on any atom is 0.226 e. The summed E-state index contributed by atoms with van der Waals surface area (Å²) in [6.45, 7) is 5.45. The second-order valence-electron chi connectivity index (χ2n) is 7.70. The van der Waals surface area contributed by atoms with Crippen LogP contribution in [0, 0.1) is 11.8 Å². The largest absolute Gasteiger partial charge is 0.497 e. The maximum absolute atomic E-state index is 12.9. The highest BCUT2D eigenvalue weighted by molar-refractivity contribution is 5.90. The number of methoxy groups -OCH3 is 1. The third-order valence-electron chi connectivity index (χ3n) is 5.97. The maximum atomic E-state index is 12.9. The summed E-state index contributed by atoms with van der Waals surface area (Å²) in [5.41, 5.74) is 0.989. The number of nitrogens with one attached hydrogen (secondary N) is 1. The number of benzene rings is 1. The first-order valence-electron chi connectivity index (χ1n) is 9.93. The zero-order chi connectivity index (χ0) is 19.4. The fraction of sp³-hybridized carbons (Fsp3) is 0.619. The van der Waals surface area contributed by atoms with E-state index in [1.165, 1.54) is 0 Å². The molecule has 2 fully saturated rings. The van der Waals surface area contributed by atoms with Crippen LogP contribution in [0.4, 0.5) is 0 Å². The Bertz CT molecular complexity index is 653. The Labute approximate surface area is 161 Å². The van der Waals surface area contributed by atoms with E-state index in [9.17, 15) is 9.59 Å². The molecule has 2 atom stereocenters. The van der Waals surface area contributed by atoms with E-state index in [4.69, 9.17) is 4.74 Å². The van der Waals surface area contributed by atoms with Gasteiger partial charge in [0.15, 0.2) is 0 Å². The van der Waals surface area contributed by atoms with Gasteiger partial charge in [0, 0.05) is 19.5 Å². The highest BCUT2D eigenvalue weighted by Gasteiger charge is 2.43. The summed E-state index contributed by atoms with van der Waals surface area (Å²) in [7, 11) is 3.77. The Kier molecular flexibility index (Phi) is 6.37. The van der Waals surface area contributed by atoms with Gasteiger partial charge in [-0.25, -0.2) is 0 Å². The quantitative estimate of drug-likeness (QED) is 0.829. The SMILES string of the molecule is CCN1C(=O)C[C@@H](C(=O)NCC2CCN(C)CC2)[C@@H]1c1ccc(OC)cc1. The molecular weight excluding hydrogens is 342 g/mol. The van der Waals surface area contributed by atoms with Gasteiger partial charge in [-0.2, -0.15) is 0 Å². The number of likely N-dealkylation sites (tertiary alicyclic amines) is 2. The highest BCUT2D eigenvalue weighted by atomic mass is 16.5. The van der Waals surface area contributed by atoms with Crippen molar-refractivity contribution >= 4 is 11.8 Å². The Morgan fingerprint density at radius 2 is 1.89 bits per heavy atom. The second-order valence-corrected chi connectivity index (χ2v) is 7.70. The topological polar surface area (TPSA) is 61.9 Å². The predicted molar refractivity (Wildman–Crippen MR) is 104 cm³/mol. The van der Waals surface area contributed by atoms with Gasteiger partial charge in [-0.3, -0.25) is 9.59 Å². The average molecular weight is 373 g/mol. The Hall–Kier alpha value is -2.08. The van der Waals surface area contributed by atoms with E-state index in [0.717, 1.165) is 37.2 Å². The fourth-order valence-electron chi connectivity index (χ4n) is 4.25. The number of carbonyl (C=O) groups excluding carboxylic acids is 2. The van der Waals surface area contributed by atoms with Gasteiger partial charge in [0.05, 0.1) is 19.1 Å². The number of ether oxygens (including phenoxy) is 1. The molecule has 0 radical (unpaired) electrons. The van der Waals surface area contributed by atoms with E-state index in [-0.39, 0.29) is 30.2 Å². The molecule has 0 aromatic heterocycles. The standard InChI is InChI=1S/C21H31N3O3/c1-4-24-19(25)13-18(20(24)16-5-7-17(27-3)8-6-16)21(26)22-14-15-9-11-23(2)12-10-15/h5-8,15,18,20H,4,9-14H2,1-3H3,(H,22,26)/t18-,20+/m1/s1. The molecule has 0 spiro atoms. The Balaban J connectivity index is 1.69. The first-order chi connectivity index (χ1) is 13.0. The van der Waals surface area contributed by atoms with Gasteiger partial charge >= 0.3 is 0 Å². The zero-order valence-corrected chi connectivity index (χ0v) is 16.6. The van der Waals surface area contributed by atoms with Gasteiger partial charge in [0.25, 0.3) is 0 Å². The summed E-state index contributed by atoms with van der Waals surface area (Å²) in [4.78, 5) is 29.6. The molecule has 0 saturated carbocycles. The third kappa shape index (κ3) is 4.43. The van der Waals surface area contributed by atoms with E-state index in [2.05, 4.69) is 17.3 Å². The van der Waals surface area contributed by atoms with Crippen LogP contribution in [0.25, 0.3) is 0 Å². The number of hydrogen-bond acceptors (Lipinski definition) is 4. The van der Waals surface area contributed by atoms with E-state index < -0.39 is 0 Å². The lowest BCUT2D eigenvalue weighted by Crippen LogP contribution is -2.40. The summed E-state index contributed by atoms with van der Waals surface area (Å²) in [6, 6.07) is 7.49. The molecule has 1 aromatic carbocycles. The summed E-state index contributed by atoms with van der Waals surface area (Å²) in [5.74, 6) is 1.02. The van der Waals surface area contributed by atoms with Crippen molar-refractivity contribution in [2.75, 3.05) is 40.3 Å². The van der Waals surface area contributed by atoms with E-state index in [1.54, 1.807) is 7.11 Å².